The highest BCUT2D eigenvalue weighted by molar-refractivity contribution is 5.94. The number of rotatable bonds is 5. The number of hydrogen-bond donors (Lipinski definition) is 1. The smallest absolute Gasteiger partial charge is 0.307 e. The average Bonchev–Trinajstić information content (AvgIpc) is 3.01. The minimum Gasteiger partial charge on any atom is -0.469 e. The van der Waals surface area contributed by atoms with Crippen molar-refractivity contribution in [3.05, 3.63) is 42.5 Å². The van der Waals surface area contributed by atoms with E-state index < -0.39 is 0 Å². The number of esters is 1. The number of amides is 1. The van der Waals surface area contributed by atoms with E-state index in [0.717, 1.165) is 5.69 Å². The number of carbonyl (C=O) groups is 2. The van der Waals surface area contributed by atoms with Crippen LogP contribution in [0.15, 0.2) is 36.9 Å². The summed E-state index contributed by atoms with van der Waals surface area (Å²) in [6, 6.07) is 6.64. The zero-order valence-electron chi connectivity index (χ0n) is 11.8. The van der Waals surface area contributed by atoms with Crippen LogP contribution < -0.4 is 5.32 Å². The number of carbonyl (C=O) groups excluding carboxylic acids is 2. The average molecular weight is 288 g/mol. The number of hydrogen-bond acceptors (Lipinski definition) is 5. The molecule has 0 saturated heterocycles. The summed E-state index contributed by atoms with van der Waals surface area (Å²) in [7, 11) is 1.32. The molecule has 0 aliphatic rings. The van der Waals surface area contributed by atoms with E-state index >= 15 is 0 Å². The maximum atomic E-state index is 12.0. The number of nitrogens with one attached hydrogen (secondary N) is 1. The second-order valence-corrected chi connectivity index (χ2v) is 4.54. The monoisotopic (exact) mass is 288 g/mol. The molecule has 1 atom stereocenters. The summed E-state index contributed by atoms with van der Waals surface area (Å²) in [4.78, 5) is 27.0. The van der Waals surface area contributed by atoms with Gasteiger partial charge in [-0.3, -0.25) is 9.59 Å². The fraction of sp³-hybridized carbons (Fsp3) is 0.286. The van der Waals surface area contributed by atoms with E-state index in [1.54, 1.807) is 42.2 Å². The molecule has 1 amide bonds. The quantitative estimate of drug-likeness (QED) is 0.828. The van der Waals surface area contributed by atoms with Crippen LogP contribution in [0.5, 0.6) is 0 Å². The summed E-state index contributed by atoms with van der Waals surface area (Å²) in [5, 5.41) is 6.75. The van der Waals surface area contributed by atoms with Crippen LogP contribution in [-0.4, -0.2) is 39.8 Å². The van der Waals surface area contributed by atoms with E-state index in [1.165, 1.54) is 13.4 Å². The molecule has 1 aromatic carbocycles. The first-order valence-corrected chi connectivity index (χ1v) is 6.43. The summed E-state index contributed by atoms with van der Waals surface area (Å²) >= 11 is 0. The molecule has 2 rings (SSSR count). The molecule has 1 aromatic heterocycles. The molecule has 1 unspecified atom stereocenters. The number of methoxy groups -OCH3 is 1. The largest absolute Gasteiger partial charge is 0.469 e. The van der Waals surface area contributed by atoms with E-state index in [1.807, 2.05) is 0 Å². The Labute approximate surface area is 121 Å². The van der Waals surface area contributed by atoms with Gasteiger partial charge in [-0.05, 0) is 31.2 Å². The zero-order chi connectivity index (χ0) is 15.2. The van der Waals surface area contributed by atoms with Gasteiger partial charge in [0.1, 0.15) is 12.7 Å². The summed E-state index contributed by atoms with van der Waals surface area (Å²) in [5.74, 6) is -0.596. The molecule has 7 heteroatoms. The minimum atomic E-state index is -0.357. The Morgan fingerprint density at radius 3 is 2.62 bits per heavy atom. The van der Waals surface area contributed by atoms with E-state index in [0.29, 0.717) is 5.56 Å². The van der Waals surface area contributed by atoms with Gasteiger partial charge in [0.2, 0.25) is 0 Å². The predicted molar refractivity (Wildman–Crippen MR) is 74.9 cm³/mol. The highest BCUT2D eigenvalue weighted by Gasteiger charge is 2.13. The molecule has 110 valence electrons. The van der Waals surface area contributed by atoms with E-state index in [2.05, 4.69) is 20.1 Å². The van der Waals surface area contributed by atoms with Crippen molar-refractivity contribution in [3.63, 3.8) is 0 Å². The molecule has 0 saturated carbocycles. The Hall–Kier alpha value is -2.70. The Balaban J connectivity index is 1.98. The van der Waals surface area contributed by atoms with Gasteiger partial charge < -0.3 is 10.1 Å². The third kappa shape index (κ3) is 3.88. The molecule has 1 N–H and O–H groups in total. The van der Waals surface area contributed by atoms with Gasteiger partial charge >= 0.3 is 5.97 Å². The fourth-order valence-electron chi connectivity index (χ4n) is 1.80. The number of ether oxygens (including phenoxy) is 1. The molecule has 0 radical (unpaired) electrons. The molecule has 0 aliphatic carbocycles. The first-order chi connectivity index (χ1) is 10.1. The number of nitrogens with zero attached hydrogens (tertiary/aromatic N) is 3. The first kappa shape index (κ1) is 14.7. The SMILES string of the molecule is COC(=O)CC(C)NC(=O)c1ccc(-n2cncn2)cc1. The molecular weight excluding hydrogens is 272 g/mol. The lowest BCUT2D eigenvalue weighted by atomic mass is 10.1. The van der Waals surface area contributed by atoms with Crippen molar-refractivity contribution >= 4 is 11.9 Å². The van der Waals surface area contributed by atoms with Crippen molar-refractivity contribution < 1.29 is 14.3 Å². The molecule has 0 bridgehead atoms. The van der Waals surface area contributed by atoms with Crippen molar-refractivity contribution in [1.29, 1.82) is 0 Å². The molecule has 2 aromatic rings. The normalized spacial score (nSPS) is 11.7. The van der Waals surface area contributed by atoms with Crippen molar-refractivity contribution in [2.24, 2.45) is 0 Å². The van der Waals surface area contributed by atoms with Gasteiger partial charge in [-0.1, -0.05) is 0 Å². The second kappa shape index (κ2) is 6.65. The summed E-state index contributed by atoms with van der Waals surface area (Å²) in [6.45, 7) is 1.75. The van der Waals surface area contributed by atoms with Gasteiger partial charge in [0.15, 0.2) is 0 Å². The van der Waals surface area contributed by atoms with Gasteiger partial charge in [0.25, 0.3) is 5.91 Å². The van der Waals surface area contributed by atoms with Gasteiger partial charge in [0, 0.05) is 11.6 Å². The summed E-state index contributed by atoms with van der Waals surface area (Å²) in [6.07, 6.45) is 3.15. The predicted octanol–water partition coefficient (Wildman–Crippen LogP) is 0.949. The van der Waals surface area contributed by atoms with Crippen LogP contribution in [0, 0.1) is 0 Å². The van der Waals surface area contributed by atoms with Crippen molar-refractivity contribution in [2.75, 3.05) is 7.11 Å². The molecule has 0 aliphatic heterocycles. The van der Waals surface area contributed by atoms with Gasteiger partial charge in [0.05, 0.1) is 19.2 Å². The van der Waals surface area contributed by atoms with E-state index in [4.69, 9.17) is 0 Å². The molecule has 21 heavy (non-hydrogen) atoms. The van der Waals surface area contributed by atoms with Crippen LogP contribution in [-0.2, 0) is 9.53 Å². The highest BCUT2D eigenvalue weighted by atomic mass is 16.5. The Kier molecular flexibility index (Phi) is 4.65. The van der Waals surface area contributed by atoms with E-state index in [9.17, 15) is 9.59 Å². The van der Waals surface area contributed by atoms with E-state index in [-0.39, 0.29) is 24.3 Å². The lowest BCUT2D eigenvalue weighted by Gasteiger charge is -2.12. The number of benzene rings is 1. The fourth-order valence-corrected chi connectivity index (χ4v) is 1.80. The van der Waals surface area contributed by atoms with Crippen LogP contribution in [0.4, 0.5) is 0 Å². The Morgan fingerprint density at radius 1 is 1.33 bits per heavy atom. The Morgan fingerprint density at radius 2 is 2.05 bits per heavy atom. The molecule has 0 fully saturated rings. The first-order valence-electron chi connectivity index (χ1n) is 6.43. The topological polar surface area (TPSA) is 86.1 Å². The van der Waals surface area contributed by atoms with Crippen molar-refractivity contribution in [3.8, 4) is 5.69 Å². The standard InChI is InChI=1S/C14H16N4O3/c1-10(7-13(19)21-2)17-14(20)11-3-5-12(6-4-11)18-9-15-8-16-18/h3-6,8-10H,7H2,1-2H3,(H,17,20). The maximum Gasteiger partial charge on any atom is 0.307 e. The second-order valence-electron chi connectivity index (χ2n) is 4.54. The molecule has 1 heterocycles. The van der Waals surface area contributed by atoms with Crippen LogP contribution >= 0.6 is 0 Å². The van der Waals surface area contributed by atoms with Crippen LogP contribution in [0.1, 0.15) is 23.7 Å². The number of aromatic nitrogens is 3. The molecule has 7 nitrogen and oxygen atoms in total. The maximum absolute atomic E-state index is 12.0. The third-order valence-electron chi connectivity index (χ3n) is 2.89. The third-order valence-corrected chi connectivity index (χ3v) is 2.89. The lowest BCUT2D eigenvalue weighted by molar-refractivity contribution is -0.141. The van der Waals surface area contributed by atoms with Gasteiger partial charge in [-0.15, -0.1) is 0 Å². The van der Waals surface area contributed by atoms with Crippen LogP contribution in [0.3, 0.4) is 0 Å². The van der Waals surface area contributed by atoms with Crippen LogP contribution in [0.2, 0.25) is 0 Å². The molecule has 0 spiro atoms. The molecular formula is C14H16N4O3. The zero-order valence-corrected chi connectivity index (χ0v) is 11.8. The summed E-state index contributed by atoms with van der Waals surface area (Å²) in [5.41, 5.74) is 1.32. The van der Waals surface area contributed by atoms with Crippen molar-refractivity contribution in [1.82, 2.24) is 20.1 Å². The highest BCUT2D eigenvalue weighted by Crippen LogP contribution is 2.08. The van der Waals surface area contributed by atoms with Gasteiger partial charge in [-0.2, -0.15) is 5.10 Å². The van der Waals surface area contributed by atoms with Crippen LogP contribution in [0.25, 0.3) is 5.69 Å². The Bertz CT molecular complexity index is 608. The van der Waals surface area contributed by atoms with Gasteiger partial charge in [-0.25, -0.2) is 9.67 Å². The minimum absolute atomic E-state index is 0.138. The van der Waals surface area contributed by atoms with Crippen molar-refractivity contribution in [2.45, 2.75) is 19.4 Å². The lowest BCUT2D eigenvalue weighted by Crippen LogP contribution is -2.34. The summed E-state index contributed by atoms with van der Waals surface area (Å²) < 4.78 is 6.16.